The van der Waals surface area contributed by atoms with Crippen LogP contribution in [0.5, 0.6) is 0 Å². The van der Waals surface area contributed by atoms with Gasteiger partial charge in [-0.25, -0.2) is 0 Å². The van der Waals surface area contributed by atoms with Crippen LogP contribution in [0.1, 0.15) is 71.6 Å². The molecule has 0 radical (unpaired) electrons. The fourth-order valence-corrected chi connectivity index (χ4v) is 1.69. The van der Waals surface area contributed by atoms with Crippen molar-refractivity contribution in [2.75, 3.05) is 0 Å². The average Bonchev–Trinajstić information content (AvgIpc) is 2.22. The molecule has 0 aromatic rings. The third-order valence-corrected chi connectivity index (χ3v) is 2.82. The van der Waals surface area contributed by atoms with Gasteiger partial charge in [0.1, 0.15) is 0 Å². The molecule has 0 aromatic heterocycles. The van der Waals surface area contributed by atoms with Gasteiger partial charge in [-0.3, -0.25) is 0 Å². The van der Waals surface area contributed by atoms with Crippen LogP contribution in [-0.4, -0.2) is 6.04 Å². The van der Waals surface area contributed by atoms with Crippen molar-refractivity contribution < 1.29 is 0 Å². The first-order valence-corrected chi connectivity index (χ1v) is 6.22. The van der Waals surface area contributed by atoms with Gasteiger partial charge in [0.05, 0.1) is 0 Å². The zero-order valence-electron chi connectivity index (χ0n) is 9.85. The molecule has 1 atom stereocenters. The van der Waals surface area contributed by atoms with E-state index >= 15 is 0 Å². The maximum Gasteiger partial charge on any atom is -0.00536 e. The second-order valence-electron chi connectivity index (χ2n) is 4.13. The van der Waals surface area contributed by atoms with Gasteiger partial charge < -0.3 is 10.7 Å². The van der Waals surface area contributed by atoms with Crippen LogP contribution in [0.25, 0.3) is 0 Å². The van der Waals surface area contributed by atoms with E-state index in [-0.39, 0.29) is 6.04 Å². The zero-order valence-corrected chi connectivity index (χ0v) is 9.85. The summed E-state index contributed by atoms with van der Waals surface area (Å²) in [7, 11) is 0. The molecule has 1 unspecified atom stereocenters. The lowest BCUT2D eigenvalue weighted by Gasteiger charge is -2.20. The van der Waals surface area contributed by atoms with Crippen LogP contribution in [0.3, 0.4) is 0 Å². The Bertz CT molecular complexity index is 102. The summed E-state index contributed by atoms with van der Waals surface area (Å²) in [5.74, 6) is 0. The molecule has 14 heavy (non-hydrogen) atoms. The van der Waals surface area contributed by atoms with Gasteiger partial charge in [-0.05, 0) is 18.9 Å². The van der Waals surface area contributed by atoms with Crippen molar-refractivity contribution in [2.45, 2.75) is 77.7 Å². The fraction of sp³-hybridized carbons (Fsp3) is 1.00. The van der Waals surface area contributed by atoms with Crippen molar-refractivity contribution >= 4 is 0 Å². The molecule has 0 bridgehead atoms. The Kier molecular flexibility index (Phi) is 10.9. The molecule has 1 N–H and O–H groups in total. The topological polar surface area (TPSA) is 35.1 Å². The summed E-state index contributed by atoms with van der Waals surface area (Å²) in [6, 6.07) is 0.200. The number of nitrogens with one attached hydrogen (secondary N) is 1. The van der Waals surface area contributed by atoms with E-state index in [0.29, 0.717) is 0 Å². The standard InChI is InChI=1S/C12H26NO/c1-3-5-6-7-8-9-10-11-12(4-2)13-14/h12-13H,3-11H2,1-2H3/q-1. The SMILES string of the molecule is CCCCCCCCCC(CC)N[O-]. The summed E-state index contributed by atoms with van der Waals surface area (Å²) < 4.78 is 0. The maximum atomic E-state index is 10.4. The van der Waals surface area contributed by atoms with Gasteiger partial charge in [0.2, 0.25) is 0 Å². The minimum absolute atomic E-state index is 0.200. The van der Waals surface area contributed by atoms with Crippen molar-refractivity contribution in [1.82, 2.24) is 5.48 Å². The van der Waals surface area contributed by atoms with Crippen LogP contribution in [0.15, 0.2) is 0 Å². The molecule has 0 amide bonds. The van der Waals surface area contributed by atoms with Crippen LogP contribution in [0.2, 0.25) is 0 Å². The number of rotatable bonds is 10. The van der Waals surface area contributed by atoms with E-state index in [0.717, 1.165) is 12.8 Å². The molecule has 0 rings (SSSR count). The lowest BCUT2D eigenvalue weighted by Crippen LogP contribution is -2.22. The lowest BCUT2D eigenvalue weighted by molar-refractivity contribution is 0.483. The normalized spacial score (nSPS) is 13.1. The molecule has 0 heterocycles. The van der Waals surface area contributed by atoms with Crippen LogP contribution in [0.4, 0.5) is 0 Å². The van der Waals surface area contributed by atoms with Crippen LogP contribution in [-0.2, 0) is 0 Å². The monoisotopic (exact) mass is 200 g/mol. The van der Waals surface area contributed by atoms with E-state index in [9.17, 15) is 5.21 Å². The first kappa shape index (κ1) is 13.9. The highest BCUT2D eigenvalue weighted by Crippen LogP contribution is 2.10. The number of hydrogen-bond donors (Lipinski definition) is 1. The molecule has 86 valence electrons. The molecule has 2 heteroatoms. The Morgan fingerprint density at radius 2 is 1.50 bits per heavy atom. The minimum Gasteiger partial charge on any atom is -0.788 e. The second kappa shape index (κ2) is 11.0. The van der Waals surface area contributed by atoms with E-state index in [2.05, 4.69) is 19.3 Å². The first-order valence-electron chi connectivity index (χ1n) is 6.22. The van der Waals surface area contributed by atoms with Crippen molar-refractivity contribution in [1.29, 1.82) is 0 Å². The predicted molar refractivity (Wildman–Crippen MR) is 63.2 cm³/mol. The highest BCUT2D eigenvalue weighted by molar-refractivity contribution is 4.64. The van der Waals surface area contributed by atoms with Gasteiger partial charge in [0.25, 0.3) is 0 Å². The number of hydrogen-bond acceptors (Lipinski definition) is 2. The number of hydroxylamine groups is 1. The molecule has 0 aliphatic heterocycles. The highest BCUT2D eigenvalue weighted by Gasteiger charge is 1.99. The van der Waals surface area contributed by atoms with Gasteiger partial charge in [-0.1, -0.05) is 58.8 Å². The molecule has 0 saturated carbocycles. The first-order chi connectivity index (χ1) is 6.85. The van der Waals surface area contributed by atoms with Crippen molar-refractivity contribution in [2.24, 2.45) is 0 Å². The van der Waals surface area contributed by atoms with Crippen LogP contribution < -0.4 is 5.48 Å². The Balaban J connectivity index is 3.04. The van der Waals surface area contributed by atoms with Gasteiger partial charge in [0.15, 0.2) is 0 Å². The largest absolute Gasteiger partial charge is 0.788 e. The van der Waals surface area contributed by atoms with Gasteiger partial charge in [-0.15, -0.1) is 0 Å². The molecular weight excluding hydrogens is 174 g/mol. The summed E-state index contributed by atoms with van der Waals surface area (Å²) >= 11 is 0. The van der Waals surface area contributed by atoms with Gasteiger partial charge in [0, 0.05) is 0 Å². The van der Waals surface area contributed by atoms with E-state index in [1.807, 2.05) is 0 Å². The second-order valence-corrected chi connectivity index (χ2v) is 4.13. The molecule has 0 spiro atoms. The van der Waals surface area contributed by atoms with E-state index in [1.54, 1.807) is 0 Å². The van der Waals surface area contributed by atoms with Crippen molar-refractivity contribution in [3.05, 3.63) is 5.21 Å². The maximum absolute atomic E-state index is 10.4. The highest BCUT2D eigenvalue weighted by atomic mass is 16.5. The zero-order chi connectivity index (χ0) is 10.6. The Morgan fingerprint density at radius 3 is 2.00 bits per heavy atom. The minimum atomic E-state index is 0.200. The Hall–Kier alpha value is -0.0800. The van der Waals surface area contributed by atoms with E-state index < -0.39 is 0 Å². The van der Waals surface area contributed by atoms with E-state index in [4.69, 9.17) is 0 Å². The summed E-state index contributed by atoms with van der Waals surface area (Å²) in [6.45, 7) is 4.31. The average molecular weight is 200 g/mol. The van der Waals surface area contributed by atoms with Crippen molar-refractivity contribution in [3.63, 3.8) is 0 Å². The molecule has 0 saturated heterocycles. The van der Waals surface area contributed by atoms with Crippen molar-refractivity contribution in [3.8, 4) is 0 Å². The summed E-state index contributed by atoms with van der Waals surface area (Å²) in [5, 5.41) is 10.4. The summed E-state index contributed by atoms with van der Waals surface area (Å²) in [6.07, 6.45) is 11.3. The third-order valence-electron chi connectivity index (χ3n) is 2.82. The van der Waals surface area contributed by atoms with Gasteiger partial charge in [-0.2, -0.15) is 0 Å². The molecule has 0 aromatic carbocycles. The Labute approximate surface area is 89.1 Å². The summed E-state index contributed by atoms with van der Waals surface area (Å²) in [4.78, 5) is 0. The molecule has 2 nitrogen and oxygen atoms in total. The van der Waals surface area contributed by atoms with Crippen LogP contribution in [0, 0.1) is 5.21 Å². The van der Waals surface area contributed by atoms with E-state index in [1.165, 1.54) is 44.9 Å². The third kappa shape index (κ3) is 8.52. The quantitative estimate of drug-likeness (QED) is 0.427. The Morgan fingerprint density at radius 1 is 0.929 bits per heavy atom. The summed E-state index contributed by atoms with van der Waals surface area (Å²) in [5.41, 5.74) is 2.11. The number of unbranched alkanes of at least 4 members (excludes halogenated alkanes) is 6. The predicted octanol–water partition coefficient (Wildman–Crippen LogP) is 3.99. The fourth-order valence-electron chi connectivity index (χ4n) is 1.69. The molecule has 0 fully saturated rings. The molecule has 0 aliphatic carbocycles. The van der Waals surface area contributed by atoms with Crippen LogP contribution >= 0.6 is 0 Å². The smallest absolute Gasteiger partial charge is 0.00536 e. The molecule has 0 aliphatic rings. The lowest BCUT2D eigenvalue weighted by atomic mass is 10.0. The molecular formula is C12H26NO-. The van der Waals surface area contributed by atoms with Gasteiger partial charge >= 0.3 is 0 Å².